The van der Waals surface area contributed by atoms with E-state index in [-0.39, 0.29) is 11.1 Å². The molecule has 1 atom stereocenters. The van der Waals surface area contributed by atoms with Gasteiger partial charge in [0.25, 0.3) is 5.91 Å². The zero-order chi connectivity index (χ0) is 13.8. The summed E-state index contributed by atoms with van der Waals surface area (Å²) in [6, 6.07) is 2.08. The van der Waals surface area contributed by atoms with Crippen LogP contribution in [0.25, 0.3) is 6.08 Å². The van der Waals surface area contributed by atoms with E-state index >= 15 is 0 Å². The number of carbonyl (C=O) groups excluding carboxylic acids is 1. The number of aliphatic carboxylic acids is 1. The van der Waals surface area contributed by atoms with Gasteiger partial charge in [0.15, 0.2) is 11.2 Å². The fourth-order valence-corrected chi connectivity index (χ4v) is 2.16. The number of hydrogen-bond acceptors (Lipinski definition) is 6. The molecule has 1 aromatic heterocycles. The molecular weight excluding hydrogens is 272 g/mol. The first-order valence-corrected chi connectivity index (χ1v) is 6.07. The minimum atomic E-state index is -1.29. The van der Waals surface area contributed by atoms with Gasteiger partial charge in [-0.25, -0.2) is 9.79 Å². The highest BCUT2D eigenvalue weighted by atomic mass is 32.2. The molecule has 0 bridgehead atoms. The van der Waals surface area contributed by atoms with E-state index in [0.29, 0.717) is 10.7 Å². The van der Waals surface area contributed by atoms with Gasteiger partial charge in [-0.2, -0.15) is 0 Å². The minimum absolute atomic E-state index is 0.143. The summed E-state index contributed by atoms with van der Waals surface area (Å²) >= 11 is 0.994. The average molecular weight is 282 g/mol. The van der Waals surface area contributed by atoms with E-state index < -0.39 is 18.6 Å². The minimum Gasteiger partial charge on any atom is -0.480 e. The third-order valence-corrected chi connectivity index (χ3v) is 3.12. The molecule has 2 rings (SSSR count). The number of nitrogens with zero attached hydrogens (tertiary/aromatic N) is 1. The summed E-state index contributed by atoms with van der Waals surface area (Å²) in [5.74, 6) is -1.13. The first-order valence-electron chi connectivity index (χ1n) is 5.26. The third-order valence-electron chi connectivity index (χ3n) is 2.20. The molecule has 100 valence electrons. The fourth-order valence-electron chi connectivity index (χ4n) is 1.31. The maximum Gasteiger partial charge on any atom is 0.330 e. The Kier molecular flexibility index (Phi) is 4.03. The summed E-state index contributed by atoms with van der Waals surface area (Å²) in [4.78, 5) is 26.4. The van der Waals surface area contributed by atoms with Crippen LogP contribution in [0.3, 0.4) is 0 Å². The molecule has 1 aliphatic rings. The number of thioether (sulfide) groups is 1. The number of nitrogens with one attached hydrogen (secondary N) is 1. The Hall–Kier alpha value is -2.06. The van der Waals surface area contributed by atoms with Crippen molar-refractivity contribution in [3.05, 3.63) is 29.1 Å². The lowest BCUT2D eigenvalue weighted by atomic mass is 10.3. The van der Waals surface area contributed by atoms with Crippen molar-refractivity contribution < 1.29 is 24.2 Å². The van der Waals surface area contributed by atoms with Crippen LogP contribution in [0.4, 0.5) is 0 Å². The van der Waals surface area contributed by atoms with Crippen LogP contribution < -0.4 is 5.32 Å². The predicted octanol–water partition coefficient (Wildman–Crippen LogP) is 0.285. The zero-order valence-electron chi connectivity index (χ0n) is 9.57. The summed E-state index contributed by atoms with van der Waals surface area (Å²) in [6.45, 7) is -0.632. The average Bonchev–Trinajstić information content (AvgIpc) is 2.97. The fraction of sp³-hybridized carbons (Fsp3) is 0.182. The smallest absolute Gasteiger partial charge is 0.330 e. The molecular formula is C11H10N2O5S. The second-order valence-corrected chi connectivity index (χ2v) is 4.58. The number of carboxylic acids is 1. The second-order valence-electron chi connectivity index (χ2n) is 3.55. The van der Waals surface area contributed by atoms with Gasteiger partial charge < -0.3 is 19.9 Å². The van der Waals surface area contributed by atoms with Crippen LogP contribution in [-0.4, -0.2) is 39.9 Å². The van der Waals surface area contributed by atoms with Crippen molar-refractivity contribution in [2.24, 2.45) is 4.99 Å². The van der Waals surface area contributed by atoms with Crippen molar-refractivity contribution in [3.8, 4) is 0 Å². The summed E-state index contributed by atoms with van der Waals surface area (Å²) in [5, 5.41) is 20.2. The van der Waals surface area contributed by atoms with Gasteiger partial charge in [0.2, 0.25) is 0 Å². The van der Waals surface area contributed by atoms with Crippen LogP contribution in [-0.2, 0) is 9.59 Å². The molecule has 19 heavy (non-hydrogen) atoms. The Morgan fingerprint density at radius 3 is 3.00 bits per heavy atom. The summed E-state index contributed by atoms with van der Waals surface area (Å²) in [6.07, 6.45) is 3.00. The van der Waals surface area contributed by atoms with Crippen LogP contribution in [0.15, 0.2) is 32.7 Å². The maximum atomic E-state index is 11.6. The van der Waals surface area contributed by atoms with Crippen molar-refractivity contribution in [1.29, 1.82) is 0 Å². The largest absolute Gasteiger partial charge is 0.480 e. The summed E-state index contributed by atoms with van der Waals surface area (Å²) in [7, 11) is 0. The normalized spacial score (nSPS) is 20.8. The number of aliphatic imine (C=N–C) groups is 1. The number of carbonyl (C=O) groups is 2. The van der Waals surface area contributed by atoms with Crippen molar-refractivity contribution in [2.45, 2.75) is 6.04 Å². The van der Waals surface area contributed by atoms with E-state index in [4.69, 9.17) is 14.6 Å². The Balaban J connectivity index is 2.15. The summed E-state index contributed by atoms with van der Waals surface area (Å²) in [5.41, 5.74) is 0. The zero-order valence-corrected chi connectivity index (χ0v) is 10.4. The van der Waals surface area contributed by atoms with E-state index in [9.17, 15) is 9.59 Å². The SMILES string of the molecule is O=C1NC(=N[C@H](CO)C(=O)O)S/C1=C\c1ccco1. The van der Waals surface area contributed by atoms with Gasteiger partial charge in [0, 0.05) is 6.08 Å². The Morgan fingerprint density at radius 2 is 2.42 bits per heavy atom. The number of rotatable bonds is 4. The number of aliphatic hydroxyl groups excluding tert-OH is 1. The first kappa shape index (κ1) is 13.4. The number of furan rings is 1. The predicted molar refractivity (Wildman–Crippen MR) is 68.4 cm³/mol. The van der Waals surface area contributed by atoms with Crippen molar-refractivity contribution >= 4 is 34.9 Å². The molecule has 8 heteroatoms. The van der Waals surface area contributed by atoms with E-state index in [2.05, 4.69) is 10.3 Å². The summed E-state index contributed by atoms with van der Waals surface area (Å²) < 4.78 is 5.08. The molecule has 0 spiro atoms. The molecule has 1 fully saturated rings. The molecule has 7 nitrogen and oxygen atoms in total. The van der Waals surface area contributed by atoms with E-state index in [0.717, 1.165) is 11.8 Å². The molecule has 3 N–H and O–H groups in total. The van der Waals surface area contributed by atoms with Gasteiger partial charge in [-0.1, -0.05) is 0 Å². The van der Waals surface area contributed by atoms with Gasteiger partial charge in [-0.15, -0.1) is 0 Å². The number of carboxylic acid groups (broad SMARTS) is 1. The molecule has 0 saturated carbocycles. The van der Waals surface area contributed by atoms with Gasteiger partial charge in [0.1, 0.15) is 5.76 Å². The number of amidine groups is 1. The number of hydrogen-bond donors (Lipinski definition) is 3. The highest BCUT2D eigenvalue weighted by Crippen LogP contribution is 2.26. The van der Waals surface area contributed by atoms with Crippen molar-refractivity contribution in [1.82, 2.24) is 5.32 Å². The molecule has 1 aliphatic heterocycles. The Morgan fingerprint density at radius 1 is 1.63 bits per heavy atom. The number of aliphatic hydroxyl groups is 1. The van der Waals surface area contributed by atoms with Gasteiger partial charge >= 0.3 is 5.97 Å². The topological polar surface area (TPSA) is 112 Å². The monoisotopic (exact) mass is 282 g/mol. The quantitative estimate of drug-likeness (QED) is 0.684. The Bertz CT molecular complexity index is 549. The van der Waals surface area contributed by atoms with Crippen LogP contribution in [0, 0.1) is 0 Å². The molecule has 0 unspecified atom stereocenters. The highest BCUT2D eigenvalue weighted by Gasteiger charge is 2.26. The van der Waals surface area contributed by atoms with Gasteiger partial charge in [-0.05, 0) is 23.9 Å². The Labute approximate surface area is 112 Å². The van der Waals surface area contributed by atoms with E-state index in [1.54, 1.807) is 12.1 Å². The van der Waals surface area contributed by atoms with Gasteiger partial charge in [0.05, 0.1) is 17.8 Å². The van der Waals surface area contributed by atoms with E-state index in [1.165, 1.54) is 12.3 Å². The second kappa shape index (κ2) is 5.72. The highest BCUT2D eigenvalue weighted by molar-refractivity contribution is 8.18. The molecule has 0 radical (unpaired) electrons. The molecule has 1 amide bonds. The lowest BCUT2D eigenvalue weighted by molar-refractivity contribution is -0.139. The van der Waals surface area contributed by atoms with E-state index in [1.807, 2.05) is 0 Å². The maximum absolute atomic E-state index is 11.6. The third kappa shape index (κ3) is 3.24. The molecule has 1 aromatic rings. The van der Waals surface area contributed by atoms with Crippen LogP contribution in [0.5, 0.6) is 0 Å². The lowest BCUT2D eigenvalue weighted by Crippen LogP contribution is -2.27. The van der Waals surface area contributed by atoms with Crippen molar-refractivity contribution in [3.63, 3.8) is 0 Å². The molecule has 2 heterocycles. The van der Waals surface area contributed by atoms with Crippen LogP contribution in [0.2, 0.25) is 0 Å². The lowest BCUT2D eigenvalue weighted by Gasteiger charge is -2.03. The molecule has 0 aliphatic carbocycles. The standard InChI is InChI=1S/C11H10N2O5S/c14-5-7(10(16)17)12-11-13-9(15)8(19-11)4-6-2-1-3-18-6/h1-4,7,14H,5H2,(H,16,17)(H,12,13,15)/b8-4-/t7-/m1/s1. The van der Waals surface area contributed by atoms with Gasteiger partial charge in [-0.3, -0.25) is 4.79 Å². The molecule has 1 saturated heterocycles. The number of amides is 1. The van der Waals surface area contributed by atoms with Crippen molar-refractivity contribution in [2.75, 3.05) is 6.61 Å². The molecule has 0 aromatic carbocycles. The van der Waals surface area contributed by atoms with Crippen LogP contribution in [0.1, 0.15) is 5.76 Å². The van der Waals surface area contributed by atoms with Crippen LogP contribution >= 0.6 is 11.8 Å². The first-order chi connectivity index (χ1) is 9.10.